The first-order chi connectivity index (χ1) is 11.7. The molecule has 1 fully saturated rings. The van der Waals surface area contributed by atoms with Crippen molar-refractivity contribution in [1.29, 1.82) is 0 Å². The lowest BCUT2D eigenvalue weighted by atomic mass is 9.95. The third-order valence-corrected chi connectivity index (χ3v) is 4.65. The molecule has 1 aromatic heterocycles. The van der Waals surface area contributed by atoms with Crippen LogP contribution in [0.3, 0.4) is 0 Å². The molecule has 0 spiro atoms. The zero-order valence-electron chi connectivity index (χ0n) is 14.3. The summed E-state index contributed by atoms with van der Waals surface area (Å²) in [6.07, 6.45) is 7.29. The van der Waals surface area contributed by atoms with E-state index in [-0.39, 0.29) is 5.91 Å². The maximum absolute atomic E-state index is 12.4. The fourth-order valence-corrected chi connectivity index (χ4v) is 3.39. The Morgan fingerprint density at radius 3 is 3.08 bits per heavy atom. The molecule has 0 unspecified atom stereocenters. The second-order valence-electron chi connectivity index (χ2n) is 6.72. The van der Waals surface area contributed by atoms with Gasteiger partial charge in [0.1, 0.15) is 0 Å². The summed E-state index contributed by atoms with van der Waals surface area (Å²) in [5.41, 5.74) is 1.81. The number of carbonyl (C=O) groups excluding carboxylic acids is 1. The Balaban J connectivity index is 1.49. The van der Waals surface area contributed by atoms with Gasteiger partial charge in [0.05, 0.1) is 6.54 Å². The van der Waals surface area contributed by atoms with E-state index in [1.165, 1.54) is 19.4 Å². The summed E-state index contributed by atoms with van der Waals surface area (Å²) < 4.78 is 1.86. The van der Waals surface area contributed by atoms with Crippen LogP contribution in [-0.4, -0.2) is 47.3 Å². The minimum Gasteiger partial charge on any atom is -0.352 e. The number of nitrogens with one attached hydrogen (secondary N) is 1. The molecule has 0 aliphatic carbocycles. The van der Waals surface area contributed by atoms with E-state index in [1.54, 1.807) is 6.20 Å². The molecule has 1 N–H and O–H groups in total. The Labute approximate surface area is 143 Å². The van der Waals surface area contributed by atoms with Gasteiger partial charge in [-0.25, -0.2) is 0 Å². The largest absolute Gasteiger partial charge is 0.352 e. The van der Waals surface area contributed by atoms with E-state index in [4.69, 9.17) is 0 Å². The molecule has 24 heavy (non-hydrogen) atoms. The monoisotopic (exact) mass is 326 g/mol. The smallest absolute Gasteiger partial charge is 0.251 e. The summed E-state index contributed by atoms with van der Waals surface area (Å²) in [6, 6.07) is 9.68. The van der Waals surface area contributed by atoms with E-state index in [0.29, 0.717) is 12.5 Å². The number of benzene rings is 1. The number of nitrogens with zero attached hydrogens (tertiary/aromatic N) is 3. The average Bonchev–Trinajstić information content (AvgIpc) is 3.08. The molecule has 2 heterocycles. The number of amides is 1. The lowest BCUT2D eigenvalue weighted by Gasteiger charge is -2.29. The normalized spacial score (nSPS) is 18.5. The molecular weight excluding hydrogens is 300 g/mol. The predicted octanol–water partition coefficient (Wildman–Crippen LogP) is 2.39. The average molecular weight is 326 g/mol. The first-order valence-corrected chi connectivity index (χ1v) is 8.74. The zero-order chi connectivity index (χ0) is 16.8. The van der Waals surface area contributed by atoms with Gasteiger partial charge in [0.15, 0.2) is 0 Å². The minimum absolute atomic E-state index is 0.0153. The third-order valence-electron chi connectivity index (χ3n) is 4.65. The van der Waals surface area contributed by atoms with E-state index >= 15 is 0 Å². The summed E-state index contributed by atoms with van der Waals surface area (Å²) in [4.78, 5) is 14.7. The van der Waals surface area contributed by atoms with Crippen molar-refractivity contribution in [2.24, 2.45) is 5.92 Å². The zero-order valence-corrected chi connectivity index (χ0v) is 14.3. The van der Waals surface area contributed by atoms with Gasteiger partial charge in [-0.2, -0.15) is 5.10 Å². The van der Waals surface area contributed by atoms with E-state index in [2.05, 4.69) is 22.4 Å². The van der Waals surface area contributed by atoms with Crippen molar-refractivity contribution < 1.29 is 4.79 Å². The molecule has 1 atom stereocenters. The quantitative estimate of drug-likeness (QED) is 0.887. The van der Waals surface area contributed by atoms with Crippen LogP contribution in [0.4, 0.5) is 0 Å². The first-order valence-electron chi connectivity index (χ1n) is 8.74. The topological polar surface area (TPSA) is 50.2 Å². The van der Waals surface area contributed by atoms with Crippen molar-refractivity contribution in [3.8, 4) is 0 Å². The maximum Gasteiger partial charge on any atom is 0.251 e. The lowest BCUT2D eigenvalue weighted by molar-refractivity contribution is 0.0948. The highest BCUT2D eigenvalue weighted by molar-refractivity contribution is 5.94. The third kappa shape index (κ3) is 4.68. The second kappa shape index (κ2) is 8.11. The molecular formula is C19H26N4O. The number of aromatic nitrogens is 2. The van der Waals surface area contributed by atoms with Gasteiger partial charge in [0.25, 0.3) is 5.91 Å². The number of rotatable bonds is 6. The fourth-order valence-electron chi connectivity index (χ4n) is 3.39. The Kier molecular flexibility index (Phi) is 5.64. The van der Waals surface area contributed by atoms with Gasteiger partial charge in [-0.1, -0.05) is 12.1 Å². The first kappa shape index (κ1) is 16.7. The molecule has 0 saturated carbocycles. The van der Waals surface area contributed by atoms with E-state index in [0.717, 1.165) is 30.6 Å². The molecule has 2 aromatic rings. The molecule has 1 aliphatic rings. The molecule has 128 valence electrons. The Morgan fingerprint density at radius 2 is 2.29 bits per heavy atom. The van der Waals surface area contributed by atoms with Crippen LogP contribution < -0.4 is 5.32 Å². The van der Waals surface area contributed by atoms with Crippen LogP contribution in [0.25, 0.3) is 0 Å². The van der Waals surface area contributed by atoms with Crippen molar-refractivity contribution in [1.82, 2.24) is 20.0 Å². The van der Waals surface area contributed by atoms with E-state index in [1.807, 2.05) is 41.2 Å². The molecule has 0 radical (unpaired) electrons. The number of hydrogen-bond donors (Lipinski definition) is 1. The molecule has 5 nitrogen and oxygen atoms in total. The van der Waals surface area contributed by atoms with Gasteiger partial charge >= 0.3 is 0 Å². The van der Waals surface area contributed by atoms with Crippen molar-refractivity contribution in [2.45, 2.75) is 25.8 Å². The van der Waals surface area contributed by atoms with Crippen LogP contribution in [0.1, 0.15) is 35.2 Å². The van der Waals surface area contributed by atoms with Crippen molar-refractivity contribution in [3.05, 3.63) is 53.9 Å². The van der Waals surface area contributed by atoms with Gasteiger partial charge in [0, 0.05) is 31.0 Å². The lowest BCUT2D eigenvalue weighted by Crippen LogP contribution is -2.34. The van der Waals surface area contributed by atoms with Gasteiger partial charge in [-0.05, 0) is 62.5 Å². The number of piperidine rings is 1. The second-order valence-corrected chi connectivity index (χ2v) is 6.72. The standard InChI is InChI=1S/C19H26N4O/c1-22-11-3-6-16(14-22)8-10-20-19(24)18-7-2-5-17(13-18)15-23-12-4-9-21-23/h2,4-5,7,9,12-13,16H,3,6,8,10-11,14-15H2,1H3,(H,20,24)/t16-/m1/s1. The summed E-state index contributed by atoms with van der Waals surface area (Å²) in [5.74, 6) is 0.719. The van der Waals surface area contributed by atoms with Crippen LogP contribution in [-0.2, 0) is 6.54 Å². The highest BCUT2D eigenvalue weighted by atomic mass is 16.1. The SMILES string of the molecule is CN1CCC[C@H](CCNC(=O)c2cccc(Cn3cccn3)c2)C1. The molecule has 3 rings (SSSR count). The molecule has 1 saturated heterocycles. The number of carbonyl (C=O) groups is 1. The molecule has 0 bridgehead atoms. The van der Waals surface area contributed by atoms with Crippen LogP contribution in [0, 0.1) is 5.92 Å². The Hall–Kier alpha value is -2.14. The Morgan fingerprint density at radius 1 is 1.38 bits per heavy atom. The van der Waals surface area contributed by atoms with Gasteiger partial charge in [-0.3, -0.25) is 9.48 Å². The molecule has 5 heteroatoms. The summed E-state index contributed by atoms with van der Waals surface area (Å²) in [5, 5.41) is 7.27. The van der Waals surface area contributed by atoms with E-state index in [9.17, 15) is 4.79 Å². The van der Waals surface area contributed by atoms with Crippen molar-refractivity contribution in [3.63, 3.8) is 0 Å². The predicted molar refractivity (Wildman–Crippen MR) is 94.9 cm³/mol. The highest BCUT2D eigenvalue weighted by Gasteiger charge is 2.17. The Bertz CT molecular complexity index is 653. The van der Waals surface area contributed by atoms with E-state index < -0.39 is 0 Å². The molecule has 1 aliphatic heterocycles. The van der Waals surface area contributed by atoms with Gasteiger partial charge < -0.3 is 10.2 Å². The van der Waals surface area contributed by atoms with Crippen LogP contribution in [0.15, 0.2) is 42.7 Å². The molecule has 1 aromatic carbocycles. The van der Waals surface area contributed by atoms with Crippen molar-refractivity contribution in [2.75, 3.05) is 26.7 Å². The maximum atomic E-state index is 12.4. The fraction of sp³-hybridized carbons (Fsp3) is 0.474. The van der Waals surface area contributed by atoms with Gasteiger partial charge in [-0.15, -0.1) is 0 Å². The van der Waals surface area contributed by atoms with Crippen LogP contribution >= 0.6 is 0 Å². The number of likely N-dealkylation sites (tertiary alicyclic amines) is 1. The summed E-state index contributed by atoms with van der Waals surface area (Å²) in [6.45, 7) is 3.78. The summed E-state index contributed by atoms with van der Waals surface area (Å²) in [7, 11) is 2.18. The minimum atomic E-state index is 0.0153. The van der Waals surface area contributed by atoms with Gasteiger partial charge in [0.2, 0.25) is 0 Å². The number of hydrogen-bond acceptors (Lipinski definition) is 3. The van der Waals surface area contributed by atoms with Crippen molar-refractivity contribution >= 4 is 5.91 Å². The van der Waals surface area contributed by atoms with Crippen LogP contribution in [0.5, 0.6) is 0 Å². The molecule has 1 amide bonds. The summed E-state index contributed by atoms with van der Waals surface area (Å²) >= 11 is 0. The highest BCUT2D eigenvalue weighted by Crippen LogP contribution is 2.17. The van der Waals surface area contributed by atoms with Crippen LogP contribution in [0.2, 0.25) is 0 Å².